The number of benzene rings is 1. The van der Waals surface area contributed by atoms with Crippen LogP contribution in [-0.2, 0) is 26.0 Å². The lowest BCUT2D eigenvalue weighted by Gasteiger charge is -2.10. The number of sulfonamides is 1. The summed E-state index contributed by atoms with van der Waals surface area (Å²) in [4.78, 5) is 15.7. The molecule has 0 amide bonds. The molecule has 0 saturated carbocycles. The minimum absolute atomic E-state index is 0.00511. The molecule has 0 aliphatic heterocycles. The number of esters is 1. The average Bonchev–Trinajstić information content (AvgIpc) is 2.89. The molecule has 2 aromatic rings. The van der Waals surface area contributed by atoms with Gasteiger partial charge in [-0.05, 0) is 44.0 Å². The summed E-state index contributed by atoms with van der Waals surface area (Å²) in [6.07, 6.45) is 0.00511. The quantitative estimate of drug-likeness (QED) is 0.767. The van der Waals surface area contributed by atoms with Crippen LogP contribution in [0.1, 0.15) is 23.7 Å². The third-order valence-electron chi connectivity index (χ3n) is 3.15. The van der Waals surface area contributed by atoms with Crippen molar-refractivity contribution in [1.29, 1.82) is 0 Å². The van der Waals surface area contributed by atoms with Crippen molar-refractivity contribution >= 4 is 44.1 Å². The van der Waals surface area contributed by atoms with Gasteiger partial charge in [-0.2, -0.15) is 0 Å². The Bertz CT molecular complexity index is 862. The van der Waals surface area contributed by atoms with Crippen LogP contribution in [0.5, 0.6) is 0 Å². The number of nitrogens with one attached hydrogen (secondary N) is 1. The van der Waals surface area contributed by atoms with Gasteiger partial charge in [-0.3, -0.25) is 9.52 Å². The molecule has 0 fully saturated rings. The molecule has 1 aromatic heterocycles. The Balaban J connectivity index is 2.20. The normalized spacial score (nSPS) is 11.3. The SMILES string of the molecule is CCOC(=O)Cc1csc(NS(=O)(=O)c2cc(C)c(Cl)cc2C)n1. The molecule has 0 atom stereocenters. The van der Waals surface area contributed by atoms with Gasteiger partial charge in [0.05, 0.1) is 23.6 Å². The molecular weight excluding hydrogens is 372 g/mol. The third-order valence-corrected chi connectivity index (χ3v) is 5.97. The average molecular weight is 389 g/mol. The molecule has 24 heavy (non-hydrogen) atoms. The zero-order valence-corrected chi connectivity index (χ0v) is 15.8. The van der Waals surface area contributed by atoms with Crippen LogP contribution in [0.15, 0.2) is 22.4 Å². The van der Waals surface area contributed by atoms with Crippen LogP contribution in [0.2, 0.25) is 5.02 Å². The summed E-state index contributed by atoms with van der Waals surface area (Å²) in [5, 5.41) is 2.33. The Kier molecular flexibility index (Phi) is 5.84. The van der Waals surface area contributed by atoms with Crippen molar-refractivity contribution in [3.05, 3.63) is 39.4 Å². The van der Waals surface area contributed by atoms with E-state index in [2.05, 4.69) is 9.71 Å². The second kappa shape index (κ2) is 7.50. The summed E-state index contributed by atoms with van der Waals surface area (Å²) in [5.74, 6) is -0.402. The molecule has 0 aliphatic rings. The number of carbonyl (C=O) groups is 1. The highest BCUT2D eigenvalue weighted by molar-refractivity contribution is 7.93. The molecule has 6 nitrogen and oxygen atoms in total. The fraction of sp³-hybridized carbons (Fsp3) is 0.333. The van der Waals surface area contributed by atoms with E-state index >= 15 is 0 Å². The zero-order chi connectivity index (χ0) is 17.9. The second-order valence-corrected chi connectivity index (χ2v) is 8.01. The van der Waals surface area contributed by atoms with Crippen LogP contribution in [-0.4, -0.2) is 26.0 Å². The lowest BCUT2D eigenvalue weighted by Crippen LogP contribution is -2.14. The molecule has 130 valence electrons. The van der Waals surface area contributed by atoms with E-state index in [1.54, 1.807) is 32.2 Å². The van der Waals surface area contributed by atoms with Gasteiger partial charge in [-0.1, -0.05) is 11.6 Å². The minimum Gasteiger partial charge on any atom is -0.466 e. The van der Waals surface area contributed by atoms with Crippen molar-refractivity contribution in [2.45, 2.75) is 32.1 Å². The number of thiazole rings is 1. The van der Waals surface area contributed by atoms with Gasteiger partial charge < -0.3 is 4.74 Å². The van der Waals surface area contributed by atoms with E-state index in [0.29, 0.717) is 21.8 Å². The van der Waals surface area contributed by atoms with Crippen molar-refractivity contribution in [3.63, 3.8) is 0 Å². The summed E-state index contributed by atoms with van der Waals surface area (Å²) in [5.41, 5.74) is 1.67. The Morgan fingerprint density at radius 1 is 1.33 bits per heavy atom. The molecule has 0 saturated heterocycles. The lowest BCUT2D eigenvalue weighted by molar-refractivity contribution is -0.142. The summed E-state index contributed by atoms with van der Waals surface area (Å²) in [6.45, 7) is 5.42. The fourth-order valence-electron chi connectivity index (χ4n) is 2.01. The van der Waals surface area contributed by atoms with E-state index in [9.17, 15) is 13.2 Å². The van der Waals surface area contributed by atoms with Gasteiger partial charge in [-0.15, -0.1) is 11.3 Å². The Hall–Kier alpha value is -1.64. The number of hydrogen-bond acceptors (Lipinski definition) is 6. The van der Waals surface area contributed by atoms with Crippen LogP contribution in [0.4, 0.5) is 5.13 Å². The van der Waals surface area contributed by atoms with Crippen molar-refractivity contribution in [1.82, 2.24) is 4.98 Å². The topological polar surface area (TPSA) is 85.4 Å². The van der Waals surface area contributed by atoms with Gasteiger partial charge >= 0.3 is 5.97 Å². The first-order chi connectivity index (χ1) is 11.2. The van der Waals surface area contributed by atoms with Crippen molar-refractivity contribution in [2.75, 3.05) is 11.3 Å². The largest absolute Gasteiger partial charge is 0.466 e. The second-order valence-electron chi connectivity index (χ2n) is 5.10. The summed E-state index contributed by atoms with van der Waals surface area (Å²) < 4.78 is 32.4. The van der Waals surface area contributed by atoms with Gasteiger partial charge in [0.2, 0.25) is 0 Å². The van der Waals surface area contributed by atoms with Gasteiger partial charge in [-0.25, -0.2) is 13.4 Å². The number of carbonyl (C=O) groups excluding carboxylic acids is 1. The van der Waals surface area contributed by atoms with Crippen molar-refractivity contribution < 1.29 is 17.9 Å². The Morgan fingerprint density at radius 2 is 2.04 bits per heavy atom. The molecule has 0 unspecified atom stereocenters. The fourth-order valence-corrected chi connectivity index (χ4v) is 4.50. The molecule has 0 spiro atoms. The summed E-state index contributed by atoms with van der Waals surface area (Å²) in [7, 11) is -3.79. The molecule has 0 radical (unpaired) electrons. The number of aryl methyl sites for hydroxylation is 2. The van der Waals surface area contributed by atoms with E-state index in [1.807, 2.05) is 0 Å². The van der Waals surface area contributed by atoms with Crippen LogP contribution in [0.25, 0.3) is 0 Å². The smallest absolute Gasteiger partial charge is 0.311 e. The van der Waals surface area contributed by atoms with E-state index in [-0.39, 0.29) is 23.1 Å². The highest BCUT2D eigenvalue weighted by Gasteiger charge is 2.20. The maximum Gasteiger partial charge on any atom is 0.311 e. The number of nitrogens with zero attached hydrogens (tertiary/aromatic N) is 1. The van der Waals surface area contributed by atoms with Crippen LogP contribution >= 0.6 is 22.9 Å². The molecule has 1 heterocycles. The minimum atomic E-state index is -3.79. The molecule has 9 heteroatoms. The number of anilines is 1. The molecule has 0 aliphatic carbocycles. The number of halogens is 1. The molecule has 1 aromatic carbocycles. The van der Waals surface area contributed by atoms with Gasteiger partial charge in [0.15, 0.2) is 5.13 Å². The van der Waals surface area contributed by atoms with Crippen LogP contribution < -0.4 is 4.72 Å². The molecule has 1 N–H and O–H groups in total. The first kappa shape index (κ1) is 18.7. The molecular formula is C15H17ClN2O4S2. The summed E-state index contributed by atoms with van der Waals surface area (Å²) >= 11 is 7.11. The number of rotatable bonds is 6. The van der Waals surface area contributed by atoms with E-state index in [4.69, 9.17) is 16.3 Å². The highest BCUT2D eigenvalue weighted by atomic mass is 35.5. The van der Waals surface area contributed by atoms with E-state index in [1.165, 1.54) is 6.07 Å². The number of aromatic nitrogens is 1. The van der Waals surface area contributed by atoms with Crippen LogP contribution in [0.3, 0.4) is 0 Å². The van der Waals surface area contributed by atoms with Crippen molar-refractivity contribution in [2.24, 2.45) is 0 Å². The number of hydrogen-bond donors (Lipinski definition) is 1. The lowest BCUT2D eigenvalue weighted by atomic mass is 10.2. The predicted molar refractivity (Wildman–Crippen MR) is 94.2 cm³/mol. The Labute approximate surface area is 149 Å². The van der Waals surface area contributed by atoms with Gasteiger partial charge in [0, 0.05) is 10.4 Å². The first-order valence-corrected chi connectivity index (χ1v) is 9.86. The molecule has 0 bridgehead atoms. The standard InChI is InChI=1S/C15H17ClN2O4S2/c1-4-22-14(19)7-11-8-23-15(17-11)18-24(20,21)13-6-9(2)12(16)5-10(13)3/h5-6,8H,4,7H2,1-3H3,(H,17,18). The predicted octanol–water partition coefficient (Wildman–Crippen LogP) is 3.32. The maximum absolute atomic E-state index is 12.5. The third kappa shape index (κ3) is 4.46. The highest BCUT2D eigenvalue weighted by Crippen LogP contribution is 2.26. The first-order valence-electron chi connectivity index (χ1n) is 7.12. The van der Waals surface area contributed by atoms with Crippen LogP contribution in [0, 0.1) is 13.8 Å². The van der Waals surface area contributed by atoms with E-state index < -0.39 is 16.0 Å². The maximum atomic E-state index is 12.5. The number of ether oxygens (including phenoxy) is 1. The van der Waals surface area contributed by atoms with Gasteiger partial charge in [0.1, 0.15) is 0 Å². The Morgan fingerprint density at radius 3 is 2.71 bits per heavy atom. The van der Waals surface area contributed by atoms with Gasteiger partial charge in [0.25, 0.3) is 10.0 Å². The molecule has 2 rings (SSSR count). The summed E-state index contributed by atoms with van der Waals surface area (Å²) in [6, 6.07) is 3.13. The van der Waals surface area contributed by atoms with E-state index in [0.717, 1.165) is 11.3 Å². The van der Waals surface area contributed by atoms with Crippen molar-refractivity contribution in [3.8, 4) is 0 Å². The monoisotopic (exact) mass is 388 g/mol. The zero-order valence-electron chi connectivity index (χ0n) is 13.4.